The molecule has 0 aliphatic rings. The van der Waals surface area contributed by atoms with Crippen LogP contribution in [-0.4, -0.2) is 16.0 Å². The summed E-state index contributed by atoms with van der Waals surface area (Å²) in [6, 6.07) is 3.36. The van der Waals surface area contributed by atoms with Crippen molar-refractivity contribution in [2.24, 2.45) is 5.73 Å². The Kier molecular flexibility index (Phi) is 2.44. The van der Waals surface area contributed by atoms with Crippen molar-refractivity contribution < 1.29 is 9.32 Å². The van der Waals surface area contributed by atoms with Crippen molar-refractivity contribution in [1.82, 2.24) is 10.1 Å². The molecule has 0 aromatic carbocycles. The van der Waals surface area contributed by atoms with E-state index >= 15 is 0 Å². The van der Waals surface area contributed by atoms with Crippen molar-refractivity contribution in [3.63, 3.8) is 0 Å². The predicted octanol–water partition coefficient (Wildman–Crippen LogP) is 1.45. The zero-order valence-electron chi connectivity index (χ0n) is 9.02. The molecule has 0 spiro atoms. The molecule has 2 rings (SSSR count). The first-order valence-corrected chi connectivity index (χ1v) is 4.78. The van der Waals surface area contributed by atoms with Crippen molar-refractivity contribution in [2.75, 3.05) is 0 Å². The van der Waals surface area contributed by atoms with E-state index in [1.54, 1.807) is 12.1 Å². The van der Waals surface area contributed by atoms with E-state index < -0.39 is 5.91 Å². The van der Waals surface area contributed by atoms with Crippen LogP contribution >= 0.6 is 0 Å². The summed E-state index contributed by atoms with van der Waals surface area (Å²) in [7, 11) is 0. The van der Waals surface area contributed by atoms with Crippen LogP contribution in [0, 0.1) is 13.8 Å². The summed E-state index contributed by atoms with van der Waals surface area (Å²) in [5.41, 5.74) is 7.87. The Morgan fingerprint density at radius 2 is 2.12 bits per heavy atom. The minimum absolute atomic E-state index is 0.385. The number of aryl methyl sites for hydroxylation is 2. The smallest absolute Gasteiger partial charge is 0.250 e. The fourth-order valence-electron chi connectivity index (χ4n) is 1.54. The molecule has 0 radical (unpaired) electrons. The molecule has 2 aromatic heterocycles. The Bertz CT molecular complexity index is 509. The Hall–Kier alpha value is -2.17. The van der Waals surface area contributed by atoms with Gasteiger partial charge < -0.3 is 10.3 Å². The highest BCUT2D eigenvalue weighted by Crippen LogP contribution is 2.24. The minimum atomic E-state index is -0.488. The summed E-state index contributed by atoms with van der Waals surface area (Å²) >= 11 is 0. The molecule has 2 aromatic rings. The molecule has 16 heavy (non-hydrogen) atoms. The van der Waals surface area contributed by atoms with Crippen molar-refractivity contribution in [1.29, 1.82) is 0 Å². The Labute approximate surface area is 92.3 Å². The van der Waals surface area contributed by atoms with E-state index in [0.29, 0.717) is 11.3 Å². The number of primary amides is 1. The van der Waals surface area contributed by atoms with Crippen LogP contribution in [0.4, 0.5) is 0 Å². The maximum absolute atomic E-state index is 10.9. The molecule has 0 unspecified atom stereocenters. The van der Waals surface area contributed by atoms with Crippen LogP contribution in [0.5, 0.6) is 0 Å². The monoisotopic (exact) mass is 217 g/mol. The van der Waals surface area contributed by atoms with Crippen LogP contribution in [0.3, 0.4) is 0 Å². The van der Waals surface area contributed by atoms with Gasteiger partial charge in [0.1, 0.15) is 5.76 Å². The van der Waals surface area contributed by atoms with Gasteiger partial charge in [-0.15, -0.1) is 0 Å². The Balaban J connectivity index is 2.46. The number of carbonyl (C=O) groups is 1. The highest BCUT2D eigenvalue weighted by atomic mass is 16.5. The Morgan fingerprint density at radius 3 is 2.56 bits per heavy atom. The number of nitrogens with two attached hydrogens (primary N) is 1. The van der Waals surface area contributed by atoms with Crippen LogP contribution < -0.4 is 5.73 Å². The summed E-state index contributed by atoms with van der Waals surface area (Å²) < 4.78 is 5.05. The van der Waals surface area contributed by atoms with Gasteiger partial charge >= 0.3 is 0 Å². The molecule has 0 saturated carbocycles. The highest BCUT2D eigenvalue weighted by molar-refractivity contribution is 5.92. The Morgan fingerprint density at radius 1 is 1.38 bits per heavy atom. The first-order chi connectivity index (χ1) is 7.59. The van der Waals surface area contributed by atoms with Gasteiger partial charge in [-0.05, 0) is 26.0 Å². The van der Waals surface area contributed by atoms with Gasteiger partial charge in [0.2, 0.25) is 5.91 Å². The number of aromatic nitrogens is 2. The second kappa shape index (κ2) is 3.77. The normalized spacial score (nSPS) is 10.4. The van der Waals surface area contributed by atoms with E-state index in [0.717, 1.165) is 17.0 Å². The molecule has 0 atom stereocenters. The highest BCUT2D eigenvalue weighted by Gasteiger charge is 2.12. The van der Waals surface area contributed by atoms with Gasteiger partial charge in [-0.1, -0.05) is 5.16 Å². The average molecular weight is 217 g/mol. The van der Waals surface area contributed by atoms with Gasteiger partial charge in [0.05, 0.1) is 22.5 Å². The molecule has 1 amide bonds. The summed E-state index contributed by atoms with van der Waals surface area (Å²) in [6.07, 6.45) is 1.45. The van der Waals surface area contributed by atoms with E-state index in [2.05, 4.69) is 10.1 Å². The second-order valence-electron chi connectivity index (χ2n) is 3.50. The van der Waals surface area contributed by atoms with Gasteiger partial charge in [-0.2, -0.15) is 0 Å². The lowest BCUT2D eigenvalue weighted by molar-refractivity contribution is 0.1000. The van der Waals surface area contributed by atoms with Crippen LogP contribution in [0.2, 0.25) is 0 Å². The molecular formula is C11H11N3O2. The number of nitrogens with zero attached hydrogens (tertiary/aromatic N) is 2. The van der Waals surface area contributed by atoms with Crippen molar-refractivity contribution in [3.05, 3.63) is 35.3 Å². The van der Waals surface area contributed by atoms with Crippen LogP contribution in [0.1, 0.15) is 21.8 Å². The van der Waals surface area contributed by atoms with Gasteiger partial charge in [0.25, 0.3) is 0 Å². The zero-order chi connectivity index (χ0) is 11.7. The quantitative estimate of drug-likeness (QED) is 0.825. The second-order valence-corrected chi connectivity index (χ2v) is 3.50. The van der Waals surface area contributed by atoms with Gasteiger partial charge in [0.15, 0.2) is 0 Å². The third kappa shape index (κ3) is 1.67. The molecule has 5 heteroatoms. The third-order valence-corrected chi connectivity index (χ3v) is 2.34. The number of carbonyl (C=O) groups excluding carboxylic acids is 1. The summed E-state index contributed by atoms with van der Waals surface area (Å²) in [5.74, 6) is 0.217. The molecule has 0 saturated heterocycles. The zero-order valence-corrected chi connectivity index (χ0v) is 9.02. The van der Waals surface area contributed by atoms with Crippen molar-refractivity contribution in [2.45, 2.75) is 13.8 Å². The molecule has 0 fully saturated rings. The number of pyridine rings is 1. The lowest BCUT2D eigenvalue weighted by atomic mass is 10.1. The fraction of sp³-hybridized carbons (Fsp3) is 0.182. The van der Waals surface area contributed by atoms with Crippen LogP contribution in [0.25, 0.3) is 11.3 Å². The molecule has 0 aliphatic carbocycles. The molecule has 0 bridgehead atoms. The standard InChI is InChI=1S/C11H11N3O2/c1-6-10(7(2)16-14-6)9-4-3-8(5-13-9)11(12)15/h3-5H,1-2H3,(H2,12,15). The predicted molar refractivity (Wildman–Crippen MR) is 57.7 cm³/mol. The van der Waals surface area contributed by atoms with Crippen molar-refractivity contribution >= 4 is 5.91 Å². The van der Waals surface area contributed by atoms with Crippen LogP contribution in [-0.2, 0) is 0 Å². The first kappa shape index (κ1) is 10.4. The van der Waals surface area contributed by atoms with Crippen LogP contribution in [0.15, 0.2) is 22.9 Å². The maximum Gasteiger partial charge on any atom is 0.250 e. The minimum Gasteiger partial charge on any atom is -0.366 e. The number of amides is 1. The van der Waals surface area contributed by atoms with E-state index in [4.69, 9.17) is 10.3 Å². The van der Waals surface area contributed by atoms with Gasteiger partial charge in [0, 0.05) is 6.20 Å². The van der Waals surface area contributed by atoms with Gasteiger partial charge in [-0.25, -0.2) is 0 Å². The van der Waals surface area contributed by atoms with Gasteiger partial charge in [-0.3, -0.25) is 9.78 Å². The summed E-state index contributed by atoms with van der Waals surface area (Å²) in [4.78, 5) is 15.0. The lowest BCUT2D eigenvalue weighted by Gasteiger charge is -2.00. The molecule has 82 valence electrons. The average Bonchev–Trinajstić information content (AvgIpc) is 2.59. The summed E-state index contributed by atoms with van der Waals surface area (Å²) in [5, 5.41) is 3.84. The van der Waals surface area contributed by atoms with E-state index in [9.17, 15) is 4.79 Å². The molecular weight excluding hydrogens is 206 g/mol. The third-order valence-electron chi connectivity index (χ3n) is 2.34. The first-order valence-electron chi connectivity index (χ1n) is 4.78. The van der Waals surface area contributed by atoms with E-state index in [1.807, 2.05) is 13.8 Å². The molecule has 0 aliphatic heterocycles. The van der Waals surface area contributed by atoms with E-state index in [-0.39, 0.29) is 0 Å². The maximum atomic E-state index is 10.9. The van der Waals surface area contributed by atoms with Crippen molar-refractivity contribution in [3.8, 4) is 11.3 Å². The summed E-state index contributed by atoms with van der Waals surface area (Å²) in [6.45, 7) is 3.66. The topological polar surface area (TPSA) is 82.0 Å². The SMILES string of the molecule is Cc1noc(C)c1-c1ccc(C(N)=O)cn1. The molecule has 2 heterocycles. The number of hydrogen-bond donors (Lipinski definition) is 1. The van der Waals surface area contributed by atoms with E-state index in [1.165, 1.54) is 6.20 Å². The number of rotatable bonds is 2. The fourth-order valence-corrected chi connectivity index (χ4v) is 1.54. The molecule has 5 nitrogen and oxygen atoms in total. The number of hydrogen-bond acceptors (Lipinski definition) is 4. The largest absolute Gasteiger partial charge is 0.366 e. The molecule has 2 N–H and O–H groups in total. The lowest BCUT2D eigenvalue weighted by Crippen LogP contribution is -2.11.